The first-order valence-corrected chi connectivity index (χ1v) is 9.97. The van der Waals surface area contributed by atoms with E-state index >= 15 is 0 Å². The normalized spacial score (nSPS) is 10.5. The van der Waals surface area contributed by atoms with Crippen molar-refractivity contribution in [2.75, 3.05) is 13.1 Å². The van der Waals surface area contributed by atoms with E-state index in [0.717, 1.165) is 64.3 Å². The van der Waals surface area contributed by atoms with Crippen LogP contribution < -0.4 is 11.5 Å². The van der Waals surface area contributed by atoms with Gasteiger partial charge in [0, 0.05) is 32.4 Å². The van der Waals surface area contributed by atoms with Gasteiger partial charge in [-0.25, -0.2) is 0 Å². The predicted molar refractivity (Wildman–Crippen MR) is 108 cm³/mol. The lowest BCUT2D eigenvalue weighted by molar-refractivity contribution is -0.119. The van der Waals surface area contributed by atoms with E-state index in [1.54, 1.807) is 11.0 Å². The number of unbranched alkanes of at least 4 members (excludes halogenated alkanes) is 8. The highest BCUT2D eigenvalue weighted by atomic mass is 16.1. The molecule has 0 aliphatic heterocycles. The summed E-state index contributed by atoms with van der Waals surface area (Å²) in [7, 11) is 0. The molecule has 0 aromatic carbocycles. The lowest BCUT2D eigenvalue weighted by Crippen LogP contribution is -2.37. The van der Waals surface area contributed by atoms with Crippen LogP contribution in [0.25, 0.3) is 0 Å². The Hall–Kier alpha value is -1.85. The number of rotatable bonds is 18. The van der Waals surface area contributed by atoms with Gasteiger partial charge in [0.05, 0.1) is 0 Å². The van der Waals surface area contributed by atoms with Gasteiger partial charge in [0.2, 0.25) is 5.91 Å². The zero-order chi connectivity index (χ0) is 19.6. The van der Waals surface area contributed by atoms with Crippen molar-refractivity contribution in [1.82, 2.24) is 4.90 Å². The summed E-state index contributed by atoms with van der Waals surface area (Å²) in [6.45, 7) is 5.00. The van der Waals surface area contributed by atoms with Gasteiger partial charge in [-0.15, -0.1) is 6.58 Å². The Kier molecular flexibility index (Phi) is 15.4. The molecule has 0 rings (SSSR count). The second-order valence-electron chi connectivity index (χ2n) is 6.91. The predicted octanol–water partition coefficient (Wildman–Crippen LogP) is 3.49. The van der Waals surface area contributed by atoms with E-state index in [0.29, 0.717) is 31.6 Å². The van der Waals surface area contributed by atoms with Crippen LogP contribution in [0.5, 0.6) is 0 Å². The molecule has 0 aromatic heterocycles. The second-order valence-corrected chi connectivity index (χ2v) is 6.91. The summed E-state index contributed by atoms with van der Waals surface area (Å²) >= 11 is 0. The number of carbonyl (C=O) groups is 2. The summed E-state index contributed by atoms with van der Waals surface area (Å²) < 4.78 is 0. The van der Waals surface area contributed by atoms with Gasteiger partial charge in [-0.1, -0.05) is 44.6 Å². The molecule has 6 nitrogen and oxygen atoms in total. The van der Waals surface area contributed by atoms with E-state index in [4.69, 9.17) is 16.9 Å². The molecular formula is C20H38N4O2. The standard InChI is InChI=1S/C20H38N4O2/c1-2-16-24(20(22)23)17-12-8-10-14-18(25)13-9-6-4-3-5-7-11-15-19(21)26/h2H,1,3-17H2,(H2,21,26)(H3,22,23). The molecule has 0 aliphatic carbocycles. The molecule has 0 fully saturated rings. The zero-order valence-electron chi connectivity index (χ0n) is 16.3. The van der Waals surface area contributed by atoms with Crippen molar-refractivity contribution >= 4 is 17.6 Å². The Morgan fingerprint density at radius 1 is 0.808 bits per heavy atom. The SMILES string of the molecule is C=CCN(CCCCCC(=O)CCCCCCCCCC(N)=O)C(=N)N. The summed E-state index contributed by atoms with van der Waals surface area (Å²) in [4.78, 5) is 24.3. The van der Waals surface area contributed by atoms with Crippen LogP contribution in [0.4, 0.5) is 0 Å². The smallest absolute Gasteiger partial charge is 0.217 e. The van der Waals surface area contributed by atoms with Gasteiger partial charge in [-0.3, -0.25) is 15.0 Å². The Balaban J connectivity index is 3.43. The molecule has 0 atom stereocenters. The number of hydrogen-bond acceptors (Lipinski definition) is 3. The summed E-state index contributed by atoms with van der Waals surface area (Å²) in [6, 6.07) is 0. The third kappa shape index (κ3) is 15.7. The van der Waals surface area contributed by atoms with Crippen LogP contribution in [0, 0.1) is 5.41 Å². The van der Waals surface area contributed by atoms with Crippen molar-refractivity contribution in [1.29, 1.82) is 5.41 Å². The lowest BCUT2D eigenvalue weighted by atomic mass is 10.0. The molecule has 6 heteroatoms. The van der Waals surface area contributed by atoms with Gasteiger partial charge >= 0.3 is 0 Å². The fourth-order valence-electron chi connectivity index (χ4n) is 2.90. The van der Waals surface area contributed by atoms with Crippen LogP contribution in [-0.2, 0) is 9.59 Å². The first-order chi connectivity index (χ1) is 12.5. The van der Waals surface area contributed by atoms with Gasteiger partial charge in [-0.2, -0.15) is 0 Å². The maximum atomic E-state index is 11.9. The van der Waals surface area contributed by atoms with Crippen molar-refractivity contribution in [3.05, 3.63) is 12.7 Å². The number of primary amides is 1. The molecular weight excluding hydrogens is 328 g/mol. The van der Waals surface area contributed by atoms with Gasteiger partial charge in [0.1, 0.15) is 5.78 Å². The first kappa shape index (κ1) is 24.1. The number of carbonyl (C=O) groups excluding carboxylic acids is 2. The van der Waals surface area contributed by atoms with Crippen molar-refractivity contribution in [2.45, 2.75) is 83.5 Å². The minimum absolute atomic E-state index is 0.0776. The summed E-state index contributed by atoms with van der Waals surface area (Å²) in [5, 5.41) is 7.46. The Bertz CT molecular complexity index is 424. The molecule has 0 bridgehead atoms. The van der Waals surface area contributed by atoms with Gasteiger partial charge in [-0.05, 0) is 25.7 Å². The van der Waals surface area contributed by atoms with E-state index in [1.807, 2.05) is 0 Å². The average Bonchev–Trinajstić information content (AvgIpc) is 2.58. The second kappa shape index (κ2) is 16.6. The maximum Gasteiger partial charge on any atom is 0.217 e. The molecule has 0 spiro atoms. The molecule has 0 saturated carbocycles. The lowest BCUT2D eigenvalue weighted by Gasteiger charge is -2.20. The summed E-state index contributed by atoms with van der Waals surface area (Å²) in [5.41, 5.74) is 10.6. The number of nitrogens with two attached hydrogens (primary N) is 2. The number of Topliss-reactive ketones (excluding diaryl/α,β-unsaturated/α-hetero) is 1. The summed E-state index contributed by atoms with van der Waals surface area (Å²) in [6.07, 6.45) is 14.0. The molecule has 0 heterocycles. The molecule has 0 aromatic rings. The Labute approximate surface area is 158 Å². The minimum Gasteiger partial charge on any atom is -0.370 e. The van der Waals surface area contributed by atoms with E-state index in [1.165, 1.54) is 6.42 Å². The third-order valence-electron chi connectivity index (χ3n) is 4.45. The molecule has 0 saturated heterocycles. The molecule has 26 heavy (non-hydrogen) atoms. The van der Waals surface area contributed by atoms with E-state index in [9.17, 15) is 9.59 Å². The number of guanidine groups is 1. The fourth-order valence-corrected chi connectivity index (χ4v) is 2.90. The number of nitrogens with zero attached hydrogens (tertiary/aromatic N) is 1. The zero-order valence-corrected chi connectivity index (χ0v) is 16.3. The van der Waals surface area contributed by atoms with Crippen molar-refractivity contribution in [3.8, 4) is 0 Å². The van der Waals surface area contributed by atoms with Crippen LogP contribution >= 0.6 is 0 Å². The van der Waals surface area contributed by atoms with Crippen LogP contribution in [-0.4, -0.2) is 35.6 Å². The van der Waals surface area contributed by atoms with Gasteiger partial charge in [0.25, 0.3) is 0 Å². The minimum atomic E-state index is -0.212. The quantitative estimate of drug-likeness (QED) is 0.149. The number of nitrogens with one attached hydrogen (secondary N) is 1. The molecule has 0 radical (unpaired) electrons. The number of amides is 1. The third-order valence-corrected chi connectivity index (χ3v) is 4.45. The van der Waals surface area contributed by atoms with E-state index < -0.39 is 0 Å². The molecule has 0 unspecified atom stereocenters. The average molecular weight is 367 g/mol. The van der Waals surface area contributed by atoms with Crippen molar-refractivity contribution in [3.63, 3.8) is 0 Å². The van der Waals surface area contributed by atoms with E-state index in [2.05, 4.69) is 6.58 Å². The molecule has 150 valence electrons. The van der Waals surface area contributed by atoms with Crippen LogP contribution in [0.2, 0.25) is 0 Å². The van der Waals surface area contributed by atoms with Gasteiger partial charge < -0.3 is 16.4 Å². The van der Waals surface area contributed by atoms with Crippen LogP contribution in [0.1, 0.15) is 83.5 Å². The van der Waals surface area contributed by atoms with E-state index in [-0.39, 0.29) is 11.9 Å². The van der Waals surface area contributed by atoms with Crippen molar-refractivity contribution < 1.29 is 9.59 Å². The number of hydrogen-bond donors (Lipinski definition) is 3. The van der Waals surface area contributed by atoms with Crippen LogP contribution in [0.15, 0.2) is 12.7 Å². The highest BCUT2D eigenvalue weighted by molar-refractivity contribution is 5.78. The topological polar surface area (TPSA) is 113 Å². The molecule has 5 N–H and O–H groups in total. The fraction of sp³-hybridized carbons (Fsp3) is 0.750. The monoisotopic (exact) mass is 366 g/mol. The Morgan fingerprint density at radius 2 is 1.27 bits per heavy atom. The number of ketones is 1. The largest absolute Gasteiger partial charge is 0.370 e. The Morgan fingerprint density at radius 3 is 1.73 bits per heavy atom. The highest BCUT2D eigenvalue weighted by Crippen LogP contribution is 2.11. The first-order valence-electron chi connectivity index (χ1n) is 9.97. The molecule has 1 amide bonds. The van der Waals surface area contributed by atoms with Crippen molar-refractivity contribution in [2.24, 2.45) is 11.5 Å². The van der Waals surface area contributed by atoms with Gasteiger partial charge in [0.15, 0.2) is 5.96 Å². The maximum absolute atomic E-state index is 11.9. The summed E-state index contributed by atoms with van der Waals surface area (Å²) in [5.74, 6) is 0.228. The highest BCUT2D eigenvalue weighted by Gasteiger charge is 2.05. The molecule has 0 aliphatic rings. The van der Waals surface area contributed by atoms with Crippen LogP contribution in [0.3, 0.4) is 0 Å².